The number of carboxylic acid groups (broad SMARTS) is 1. The minimum absolute atomic E-state index is 0.00948. The number of hydrogen-bond acceptors (Lipinski definition) is 6. The summed E-state index contributed by atoms with van der Waals surface area (Å²) >= 11 is -3.16. The van der Waals surface area contributed by atoms with Crippen molar-refractivity contribution in [2.75, 3.05) is 18.0 Å². The van der Waals surface area contributed by atoms with Crippen molar-refractivity contribution in [3.8, 4) is 0 Å². The van der Waals surface area contributed by atoms with Gasteiger partial charge in [0.1, 0.15) is 5.69 Å². The van der Waals surface area contributed by atoms with E-state index in [1.54, 1.807) is 0 Å². The first-order chi connectivity index (χ1) is 11.5. The van der Waals surface area contributed by atoms with Gasteiger partial charge in [0.05, 0.1) is 12.2 Å². The first-order valence-electron chi connectivity index (χ1n) is 7.18. The molecule has 0 bridgehead atoms. The van der Waals surface area contributed by atoms with Gasteiger partial charge < -0.3 is 23.7 Å². The molecule has 0 aliphatic rings. The maximum Gasteiger partial charge on any atom is 0.358 e. The summed E-state index contributed by atoms with van der Waals surface area (Å²) in [5.74, 6) is -3.75. The second-order valence-corrected chi connectivity index (χ2v) is 6.43. The number of ether oxygens (including phenoxy) is 2. The SMILES string of the molecule is CCOC(=O)c1c(F)c(N(C(C(=O)O)C(C)(C)OC)S(=O)[O-])cn1C. The molecule has 2 unspecified atom stereocenters. The number of halogens is 1. The molecule has 2 atom stereocenters. The summed E-state index contributed by atoms with van der Waals surface area (Å²) in [5, 5.41) is 9.47. The summed E-state index contributed by atoms with van der Waals surface area (Å²) in [7, 11) is 2.51. The molecule has 1 heterocycles. The average molecular weight is 379 g/mol. The van der Waals surface area contributed by atoms with Gasteiger partial charge in [-0.25, -0.2) is 14.0 Å². The zero-order valence-corrected chi connectivity index (χ0v) is 15.3. The molecule has 0 saturated carbocycles. The van der Waals surface area contributed by atoms with E-state index in [4.69, 9.17) is 9.47 Å². The zero-order chi connectivity index (χ0) is 19.5. The first kappa shape index (κ1) is 21.1. The van der Waals surface area contributed by atoms with E-state index >= 15 is 0 Å². The Hall–Kier alpha value is -1.98. The number of nitrogens with zero attached hydrogens (tertiary/aromatic N) is 2. The molecule has 25 heavy (non-hydrogen) atoms. The Bertz CT molecular complexity index is 689. The lowest BCUT2D eigenvalue weighted by molar-refractivity contribution is -0.145. The maximum atomic E-state index is 14.7. The standard InChI is InChI=1S/C14H21FN2O7S/c1-6-24-13(20)10-9(15)8(7-16(10)4)17(25(21)22)11(12(18)19)14(2,3)23-5/h7,11H,6H2,1-5H3,(H,18,19)(H,21,22)/p-1. The van der Waals surface area contributed by atoms with Gasteiger partial charge in [-0.2, -0.15) is 0 Å². The van der Waals surface area contributed by atoms with Crippen molar-refractivity contribution in [1.82, 2.24) is 4.57 Å². The van der Waals surface area contributed by atoms with Crippen LogP contribution in [-0.2, 0) is 32.6 Å². The summed E-state index contributed by atoms with van der Waals surface area (Å²) < 4.78 is 49.2. The Labute approximate surface area is 146 Å². The summed E-state index contributed by atoms with van der Waals surface area (Å²) in [6.45, 7) is 4.21. The van der Waals surface area contributed by atoms with Crippen LogP contribution < -0.4 is 4.31 Å². The van der Waals surface area contributed by atoms with Crippen molar-refractivity contribution >= 4 is 28.9 Å². The number of aromatic nitrogens is 1. The van der Waals surface area contributed by atoms with Crippen molar-refractivity contribution in [2.24, 2.45) is 7.05 Å². The van der Waals surface area contributed by atoms with E-state index in [2.05, 4.69) is 0 Å². The van der Waals surface area contributed by atoms with Crippen LogP contribution in [0.1, 0.15) is 31.3 Å². The third kappa shape index (κ3) is 4.17. The Morgan fingerprint density at radius 3 is 2.48 bits per heavy atom. The number of rotatable bonds is 8. The van der Waals surface area contributed by atoms with Crippen molar-refractivity contribution in [1.29, 1.82) is 0 Å². The van der Waals surface area contributed by atoms with Crippen LogP contribution >= 0.6 is 0 Å². The smallest absolute Gasteiger partial charge is 0.358 e. The number of aryl methyl sites for hydroxylation is 1. The highest BCUT2D eigenvalue weighted by Gasteiger charge is 2.43. The van der Waals surface area contributed by atoms with Crippen molar-refractivity contribution < 1.29 is 37.3 Å². The Balaban J connectivity index is 3.56. The minimum Gasteiger partial charge on any atom is -0.755 e. The van der Waals surface area contributed by atoms with Crippen molar-refractivity contribution in [3.63, 3.8) is 0 Å². The van der Waals surface area contributed by atoms with Crippen molar-refractivity contribution in [2.45, 2.75) is 32.4 Å². The maximum absolute atomic E-state index is 14.7. The van der Waals surface area contributed by atoms with Crippen LogP contribution in [0.2, 0.25) is 0 Å². The highest BCUT2D eigenvalue weighted by Crippen LogP contribution is 2.31. The molecule has 0 amide bonds. The van der Waals surface area contributed by atoms with E-state index in [9.17, 15) is 27.8 Å². The lowest BCUT2D eigenvalue weighted by Gasteiger charge is -2.39. The molecule has 0 fully saturated rings. The molecule has 1 aromatic rings. The van der Waals surface area contributed by atoms with E-state index < -0.39 is 52.0 Å². The molecule has 0 spiro atoms. The zero-order valence-electron chi connectivity index (χ0n) is 14.4. The number of methoxy groups -OCH3 is 1. The van der Waals surface area contributed by atoms with Gasteiger partial charge in [-0.1, -0.05) is 0 Å². The monoisotopic (exact) mass is 379 g/mol. The van der Waals surface area contributed by atoms with Gasteiger partial charge in [-0.15, -0.1) is 0 Å². The van der Waals surface area contributed by atoms with E-state index in [-0.39, 0.29) is 6.61 Å². The highest BCUT2D eigenvalue weighted by atomic mass is 32.2. The Kier molecular flexibility index (Phi) is 6.68. The van der Waals surface area contributed by atoms with Gasteiger partial charge in [-0.05, 0) is 20.8 Å². The quantitative estimate of drug-likeness (QED) is 0.524. The van der Waals surface area contributed by atoms with Gasteiger partial charge in [0.2, 0.25) is 0 Å². The molecule has 142 valence electrons. The molecule has 0 aromatic carbocycles. The van der Waals surface area contributed by atoms with E-state index in [0.717, 1.165) is 10.8 Å². The molecular formula is C14H20FN2O7S-. The van der Waals surface area contributed by atoms with Crippen LogP contribution in [0.5, 0.6) is 0 Å². The van der Waals surface area contributed by atoms with Crippen LogP contribution in [0.25, 0.3) is 0 Å². The summed E-state index contributed by atoms with van der Waals surface area (Å²) in [5.41, 5.74) is -2.61. The molecule has 1 N–H and O–H groups in total. The molecule has 0 saturated heterocycles. The van der Waals surface area contributed by atoms with Crippen LogP contribution in [0.3, 0.4) is 0 Å². The van der Waals surface area contributed by atoms with E-state index in [1.807, 2.05) is 0 Å². The molecule has 0 aliphatic heterocycles. The second-order valence-electron chi connectivity index (χ2n) is 5.60. The second kappa shape index (κ2) is 7.93. The van der Waals surface area contributed by atoms with Gasteiger partial charge in [0.15, 0.2) is 17.6 Å². The van der Waals surface area contributed by atoms with Crippen molar-refractivity contribution in [3.05, 3.63) is 17.7 Å². The Morgan fingerprint density at radius 2 is 2.08 bits per heavy atom. The molecule has 0 aliphatic carbocycles. The highest BCUT2D eigenvalue weighted by molar-refractivity contribution is 7.80. The summed E-state index contributed by atoms with van der Waals surface area (Å²) in [6, 6.07) is -1.78. The van der Waals surface area contributed by atoms with E-state index in [0.29, 0.717) is 4.31 Å². The molecule has 0 radical (unpaired) electrons. The molecule has 1 rings (SSSR count). The molecule has 1 aromatic heterocycles. The molecular weight excluding hydrogens is 359 g/mol. The lowest BCUT2D eigenvalue weighted by atomic mass is 9.98. The number of anilines is 1. The minimum atomic E-state index is -3.16. The number of carboxylic acids is 1. The van der Waals surface area contributed by atoms with Gasteiger partial charge in [-0.3, -0.25) is 8.51 Å². The van der Waals surface area contributed by atoms with Gasteiger partial charge in [0.25, 0.3) is 0 Å². The lowest BCUT2D eigenvalue weighted by Crippen LogP contribution is -2.56. The fourth-order valence-corrected chi connectivity index (χ4v) is 3.07. The number of aliphatic carboxylic acids is 1. The fourth-order valence-electron chi connectivity index (χ4n) is 2.26. The fraction of sp³-hybridized carbons (Fsp3) is 0.571. The van der Waals surface area contributed by atoms with Crippen LogP contribution in [-0.4, -0.2) is 55.7 Å². The molecule has 11 heteroatoms. The van der Waals surface area contributed by atoms with Crippen LogP contribution in [0.4, 0.5) is 10.1 Å². The number of esters is 1. The summed E-state index contributed by atoms with van der Waals surface area (Å²) in [4.78, 5) is 23.5. The third-order valence-electron chi connectivity index (χ3n) is 3.62. The average Bonchev–Trinajstić information content (AvgIpc) is 2.78. The van der Waals surface area contributed by atoms with Crippen LogP contribution in [0, 0.1) is 5.82 Å². The largest absolute Gasteiger partial charge is 0.755 e. The number of hydrogen-bond donors (Lipinski definition) is 1. The molecule has 9 nitrogen and oxygen atoms in total. The van der Waals surface area contributed by atoms with Gasteiger partial charge in [0, 0.05) is 31.6 Å². The van der Waals surface area contributed by atoms with Crippen LogP contribution in [0.15, 0.2) is 6.20 Å². The van der Waals surface area contributed by atoms with Gasteiger partial charge >= 0.3 is 11.9 Å². The normalized spacial score (nSPS) is 14.0. The van der Waals surface area contributed by atoms with E-state index in [1.165, 1.54) is 34.9 Å². The predicted molar refractivity (Wildman–Crippen MR) is 85.2 cm³/mol. The summed E-state index contributed by atoms with van der Waals surface area (Å²) in [6.07, 6.45) is 0.999. The topological polar surface area (TPSA) is 121 Å². The number of carbonyl (C=O) groups excluding carboxylic acids is 1. The number of carbonyl (C=O) groups is 2. The third-order valence-corrected chi connectivity index (χ3v) is 4.35. The Morgan fingerprint density at radius 1 is 1.52 bits per heavy atom. The first-order valence-corrected chi connectivity index (χ1v) is 8.21. The predicted octanol–water partition coefficient (Wildman–Crippen LogP) is 0.820.